The second-order valence-electron chi connectivity index (χ2n) is 4.96. The van der Waals surface area contributed by atoms with Gasteiger partial charge < -0.3 is 5.32 Å². The number of amides is 1. The molecule has 1 N–H and O–H groups in total. The van der Waals surface area contributed by atoms with Crippen molar-refractivity contribution in [2.24, 2.45) is 4.99 Å². The predicted molar refractivity (Wildman–Crippen MR) is 69.0 cm³/mol. The first kappa shape index (κ1) is 11.8. The Morgan fingerprint density at radius 3 is 2.42 bits per heavy atom. The Balaban J connectivity index is 1.91. The maximum Gasteiger partial charge on any atom is 0.269 e. The van der Waals surface area contributed by atoms with Gasteiger partial charge in [0.15, 0.2) is 0 Å². The van der Waals surface area contributed by atoms with Crippen LogP contribution in [0.5, 0.6) is 0 Å². The number of nitrogens with zero attached hydrogens (tertiary/aromatic N) is 2. The van der Waals surface area contributed by atoms with Gasteiger partial charge in [-0.15, -0.1) is 0 Å². The van der Waals surface area contributed by atoms with E-state index in [0.717, 1.165) is 25.7 Å². The fraction of sp³-hybridized carbons (Fsp3) is 0.385. The second kappa shape index (κ2) is 4.15. The van der Waals surface area contributed by atoms with Crippen molar-refractivity contribution in [1.82, 2.24) is 5.32 Å². The van der Waals surface area contributed by atoms with Crippen LogP contribution in [0, 0.1) is 10.1 Å². The third-order valence-corrected chi connectivity index (χ3v) is 3.76. The Morgan fingerprint density at radius 1 is 1.21 bits per heavy atom. The van der Waals surface area contributed by atoms with Gasteiger partial charge in [-0.2, -0.15) is 0 Å². The largest absolute Gasteiger partial charge is 0.308 e. The van der Waals surface area contributed by atoms with E-state index >= 15 is 0 Å². The summed E-state index contributed by atoms with van der Waals surface area (Å²) in [6.07, 6.45) is 3.61. The summed E-state index contributed by atoms with van der Waals surface area (Å²) in [5.74, 6) is 0.486. The molecule has 19 heavy (non-hydrogen) atoms. The van der Waals surface area contributed by atoms with Crippen LogP contribution in [0.2, 0.25) is 0 Å². The van der Waals surface area contributed by atoms with E-state index in [9.17, 15) is 14.9 Å². The third-order valence-electron chi connectivity index (χ3n) is 3.76. The van der Waals surface area contributed by atoms with Crippen LogP contribution in [-0.4, -0.2) is 22.2 Å². The van der Waals surface area contributed by atoms with Crippen LogP contribution in [0.4, 0.5) is 5.69 Å². The van der Waals surface area contributed by atoms with Crippen LogP contribution in [0.25, 0.3) is 0 Å². The first-order valence-electron chi connectivity index (χ1n) is 6.27. The molecule has 0 unspecified atom stereocenters. The van der Waals surface area contributed by atoms with E-state index in [1.165, 1.54) is 12.1 Å². The number of benzene rings is 1. The van der Waals surface area contributed by atoms with Gasteiger partial charge in [0.05, 0.1) is 4.92 Å². The maximum atomic E-state index is 12.0. The highest BCUT2D eigenvalue weighted by atomic mass is 16.6. The van der Waals surface area contributed by atoms with Gasteiger partial charge in [0.1, 0.15) is 11.4 Å². The first-order chi connectivity index (χ1) is 9.11. The molecule has 0 atom stereocenters. The van der Waals surface area contributed by atoms with Crippen LogP contribution in [-0.2, 0) is 4.79 Å². The molecular weight excluding hydrogens is 246 g/mol. The van der Waals surface area contributed by atoms with Crippen LogP contribution in [0.1, 0.15) is 31.2 Å². The fourth-order valence-corrected chi connectivity index (χ4v) is 2.69. The van der Waals surface area contributed by atoms with Gasteiger partial charge in [-0.05, 0) is 25.0 Å². The van der Waals surface area contributed by atoms with Gasteiger partial charge in [0.2, 0.25) is 0 Å². The third kappa shape index (κ3) is 1.89. The fourth-order valence-electron chi connectivity index (χ4n) is 2.69. The van der Waals surface area contributed by atoms with Gasteiger partial charge >= 0.3 is 0 Å². The molecule has 1 saturated carbocycles. The quantitative estimate of drug-likeness (QED) is 0.649. The summed E-state index contributed by atoms with van der Waals surface area (Å²) in [5, 5.41) is 13.4. The predicted octanol–water partition coefficient (Wildman–Crippen LogP) is 1.78. The van der Waals surface area contributed by atoms with Gasteiger partial charge in [0, 0.05) is 17.7 Å². The lowest BCUT2D eigenvalue weighted by Crippen LogP contribution is -2.37. The number of aliphatic imine (C=N–C) groups is 1. The van der Waals surface area contributed by atoms with Gasteiger partial charge in [0.25, 0.3) is 11.6 Å². The zero-order valence-corrected chi connectivity index (χ0v) is 10.3. The van der Waals surface area contributed by atoms with Crippen molar-refractivity contribution in [1.29, 1.82) is 0 Å². The zero-order chi connectivity index (χ0) is 13.5. The Labute approximate surface area is 109 Å². The van der Waals surface area contributed by atoms with Crippen molar-refractivity contribution in [3.63, 3.8) is 0 Å². The van der Waals surface area contributed by atoms with E-state index in [-0.39, 0.29) is 11.6 Å². The van der Waals surface area contributed by atoms with E-state index in [0.29, 0.717) is 11.4 Å². The maximum absolute atomic E-state index is 12.0. The van der Waals surface area contributed by atoms with E-state index in [4.69, 9.17) is 0 Å². The smallest absolute Gasteiger partial charge is 0.269 e. The van der Waals surface area contributed by atoms with Crippen LogP contribution < -0.4 is 5.32 Å². The minimum atomic E-state index is -0.586. The van der Waals surface area contributed by atoms with Crippen LogP contribution in [0.3, 0.4) is 0 Å². The lowest BCUT2D eigenvalue weighted by molar-refractivity contribution is -0.384. The Hall–Kier alpha value is -2.24. The topological polar surface area (TPSA) is 84.6 Å². The summed E-state index contributed by atoms with van der Waals surface area (Å²) in [6, 6.07) is 6.07. The number of hydrogen-bond acceptors (Lipinski definition) is 4. The molecule has 6 nitrogen and oxygen atoms in total. The molecule has 1 aromatic carbocycles. The Kier molecular flexibility index (Phi) is 2.58. The van der Waals surface area contributed by atoms with Crippen molar-refractivity contribution in [3.8, 4) is 0 Å². The van der Waals surface area contributed by atoms with Gasteiger partial charge in [-0.3, -0.25) is 19.9 Å². The molecule has 1 spiro atoms. The summed E-state index contributed by atoms with van der Waals surface area (Å²) >= 11 is 0. The molecule has 1 aromatic rings. The van der Waals surface area contributed by atoms with E-state index in [1.807, 2.05) is 0 Å². The lowest BCUT2D eigenvalue weighted by Gasteiger charge is -2.14. The summed E-state index contributed by atoms with van der Waals surface area (Å²) in [4.78, 5) is 26.7. The Morgan fingerprint density at radius 2 is 1.84 bits per heavy atom. The number of non-ortho nitro benzene ring substituents is 1. The van der Waals surface area contributed by atoms with E-state index in [1.54, 1.807) is 12.1 Å². The molecule has 98 valence electrons. The lowest BCUT2D eigenvalue weighted by atomic mass is 9.99. The molecule has 0 radical (unpaired) electrons. The minimum Gasteiger partial charge on any atom is -0.308 e. The highest BCUT2D eigenvalue weighted by Crippen LogP contribution is 2.36. The number of amidine groups is 1. The van der Waals surface area contributed by atoms with Crippen molar-refractivity contribution >= 4 is 17.4 Å². The summed E-state index contributed by atoms with van der Waals surface area (Å²) in [6.45, 7) is 0. The van der Waals surface area contributed by atoms with Gasteiger partial charge in [-0.25, -0.2) is 0 Å². The molecule has 0 saturated heterocycles. The number of nitrogens with one attached hydrogen (secondary N) is 1. The number of nitro groups is 1. The Bertz CT molecular complexity index is 571. The molecular formula is C13H13N3O3. The molecule has 1 aliphatic carbocycles. The van der Waals surface area contributed by atoms with Crippen molar-refractivity contribution in [2.75, 3.05) is 0 Å². The number of carbonyl (C=O) groups excluding carboxylic acids is 1. The summed E-state index contributed by atoms with van der Waals surface area (Å²) in [5.41, 5.74) is 0.156. The SMILES string of the molecule is O=C1NC(c2ccc([N+](=O)[O-])cc2)=NC12CCCC2. The highest BCUT2D eigenvalue weighted by molar-refractivity contribution is 6.15. The first-order valence-corrected chi connectivity index (χ1v) is 6.27. The zero-order valence-electron chi connectivity index (χ0n) is 10.3. The van der Waals surface area contributed by atoms with Crippen LogP contribution >= 0.6 is 0 Å². The number of carbonyl (C=O) groups is 1. The second-order valence-corrected chi connectivity index (χ2v) is 4.96. The summed E-state index contributed by atoms with van der Waals surface area (Å²) < 4.78 is 0. The van der Waals surface area contributed by atoms with Crippen molar-refractivity contribution in [3.05, 3.63) is 39.9 Å². The minimum absolute atomic E-state index is 0.0317. The number of nitro benzene ring substituents is 1. The standard InChI is InChI=1S/C13H13N3O3/c17-12-13(7-1-2-8-13)15-11(14-12)9-3-5-10(6-4-9)16(18)19/h3-6H,1-2,7-8H2,(H,14,15,17). The molecule has 1 heterocycles. The molecule has 1 aliphatic heterocycles. The molecule has 0 bridgehead atoms. The monoisotopic (exact) mass is 259 g/mol. The van der Waals surface area contributed by atoms with E-state index in [2.05, 4.69) is 10.3 Å². The van der Waals surface area contributed by atoms with Crippen molar-refractivity contribution in [2.45, 2.75) is 31.2 Å². The van der Waals surface area contributed by atoms with Crippen molar-refractivity contribution < 1.29 is 9.72 Å². The number of hydrogen-bond donors (Lipinski definition) is 1. The van der Waals surface area contributed by atoms with Crippen LogP contribution in [0.15, 0.2) is 29.3 Å². The average molecular weight is 259 g/mol. The molecule has 3 rings (SSSR count). The number of rotatable bonds is 2. The normalized spacial score (nSPS) is 20.4. The molecule has 1 fully saturated rings. The highest BCUT2D eigenvalue weighted by Gasteiger charge is 2.45. The molecule has 2 aliphatic rings. The molecule has 1 amide bonds. The van der Waals surface area contributed by atoms with Gasteiger partial charge in [-0.1, -0.05) is 12.8 Å². The average Bonchev–Trinajstić information content (AvgIpc) is 2.99. The summed E-state index contributed by atoms with van der Waals surface area (Å²) in [7, 11) is 0. The molecule has 0 aromatic heterocycles. The molecule has 6 heteroatoms. The van der Waals surface area contributed by atoms with E-state index < -0.39 is 10.5 Å².